The Bertz CT molecular complexity index is 1510. The summed E-state index contributed by atoms with van der Waals surface area (Å²) in [6, 6.07) is 0. The zero-order valence-corrected chi connectivity index (χ0v) is 40.2. The third kappa shape index (κ3) is 45.6. The van der Waals surface area contributed by atoms with Crippen molar-refractivity contribution in [1.82, 2.24) is 0 Å². The van der Waals surface area contributed by atoms with Crippen LogP contribution in [0.5, 0.6) is 0 Å². The number of rotatable bonds is 42. The zero-order valence-electron chi connectivity index (χ0n) is 38.5. The quantitative estimate of drug-likeness (QED) is 0.0167. The van der Waals surface area contributed by atoms with Gasteiger partial charge in [-0.1, -0.05) is 143 Å². The van der Waals surface area contributed by atoms with E-state index in [2.05, 4.69) is 89.7 Å². The van der Waals surface area contributed by atoms with Crippen LogP contribution in [0.25, 0.3) is 0 Å². The number of unbranched alkanes of at least 4 members (excludes halogenated alkanes) is 8. The maximum atomic E-state index is 12.7. The Morgan fingerprint density at radius 3 is 1.48 bits per heavy atom. The molecular weight excluding hydrogens is 862 g/mol. The van der Waals surface area contributed by atoms with Crippen LogP contribution in [0.15, 0.2) is 97.2 Å². The third-order valence-corrected chi connectivity index (χ3v) is 10.4. The molecule has 4 atom stereocenters. The molecule has 0 saturated carbocycles. The summed E-state index contributed by atoms with van der Waals surface area (Å²) in [4.78, 5) is 52.7. The van der Waals surface area contributed by atoms with Crippen LogP contribution in [-0.2, 0) is 41.8 Å². The predicted octanol–water partition coefficient (Wildman–Crippen LogP) is 11.1. The van der Waals surface area contributed by atoms with E-state index in [4.69, 9.17) is 23.8 Å². The van der Waals surface area contributed by atoms with Crippen LogP contribution in [0.3, 0.4) is 0 Å². The maximum Gasteiger partial charge on any atom is 0.472 e. The molecule has 0 bridgehead atoms. The van der Waals surface area contributed by atoms with Crippen molar-refractivity contribution in [3.05, 3.63) is 97.2 Å². The van der Waals surface area contributed by atoms with Crippen LogP contribution in [0.1, 0.15) is 149 Å². The molecule has 0 aliphatic carbocycles. The van der Waals surface area contributed by atoms with Gasteiger partial charge in [-0.3, -0.25) is 23.2 Å². The average Bonchev–Trinajstić information content (AvgIpc) is 3.25. The van der Waals surface area contributed by atoms with Crippen molar-refractivity contribution in [1.29, 1.82) is 0 Å². The number of ether oxygens (including phenoxy) is 2. The Kier molecular flexibility index (Phi) is 40.6. The molecule has 0 aliphatic rings. The van der Waals surface area contributed by atoms with Crippen molar-refractivity contribution >= 4 is 27.6 Å². The largest absolute Gasteiger partial charge is 0.472 e. The van der Waals surface area contributed by atoms with E-state index in [1.165, 1.54) is 19.3 Å². The first-order valence-corrected chi connectivity index (χ1v) is 26.0. The van der Waals surface area contributed by atoms with Gasteiger partial charge in [0.1, 0.15) is 12.7 Å². The number of phosphoric ester groups is 2. The second kappa shape index (κ2) is 42.6. The van der Waals surface area contributed by atoms with E-state index in [1.807, 2.05) is 30.4 Å². The van der Waals surface area contributed by atoms with Gasteiger partial charge < -0.3 is 34.4 Å². The van der Waals surface area contributed by atoms with E-state index in [1.54, 1.807) is 0 Å². The number of phosphoric acid groups is 2. The van der Waals surface area contributed by atoms with Crippen LogP contribution in [0, 0.1) is 0 Å². The van der Waals surface area contributed by atoms with Gasteiger partial charge in [-0.15, -0.1) is 0 Å². The number of carbonyl (C=O) groups excluding carboxylic acids is 2. The molecule has 0 saturated heterocycles. The molecule has 366 valence electrons. The summed E-state index contributed by atoms with van der Waals surface area (Å²) < 4.78 is 47.7. The van der Waals surface area contributed by atoms with Crippen LogP contribution in [0.2, 0.25) is 0 Å². The first-order valence-electron chi connectivity index (χ1n) is 23.0. The Morgan fingerprint density at radius 1 is 0.500 bits per heavy atom. The molecule has 0 aromatic rings. The van der Waals surface area contributed by atoms with Crippen molar-refractivity contribution in [2.75, 3.05) is 26.4 Å². The summed E-state index contributed by atoms with van der Waals surface area (Å²) in [6.07, 6.45) is 47.3. The predicted molar refractivity (Wildman–Crippen MR) is 254 cm³/mol. The molecule has 0 amide bonds. The van der Waals surface area contributed by atoms with Crippen molar-refractivity contribution in [2.45, 2.75) is 167 Å². The molecule has 64 heavy (non-hydrogen) atoms. The van der Waals surface area contributed by atoms with Crippen LogP contribution in [-0.4, -0.2) is 81.6 Å². The molecule has 0 fully saturated rings. The lowest BCUT2D eigenvalue weighted by Gasteiger charge is -2.20. The van der Waals surface area contributed by atoms with Gasteiger partial charge in [0.15, 0.2) is 6.10 Å². The Morgan fingerprint density at radius 2 is 0.953 bits per heavy atom. The fourth-order valence-corrected chi connectivity index (χ4v) is 6.61. The molecule has 0 heterocycles. The number of esters is 2. The van der Waals surface area contributed by atoms with Crippen molar-refractivity contribution in [3.8, 4) is 0 Å². The number of carbonyl (C=O) groups is 2. The molecule has 0 aliphatic heterocycles. The summed E-state index contributed by atoms with van der Waals surface area (Å²) in [5.41, 5.74) is 0. The Labute approximate surface area is 383 Å². The van der Waals surface area contributed by atoms with Crippen LogP contribution < -0.4 is 0 Å². The topological polar surface area (TPSA) is 216 Å². The fourth-order valence-electron chi connectivity index (χ4n) is 5.46. The first kappa shape index (κ1) is 61.0. The zero-order chi connectivity index (χ0) is 47.4. The third-order valence-electron chi connectivity index (χ3n) is 9.01. The molecule has 14 nitrogen and oxygen atoms in total. The van der Waals surface area contributed by atoms with Gasteiger partial charge in [0.2, 0.25) is 0 Å². The number of aliphatic hydroxyl groups is 2. The Hall–Kier alpha value is -3.00. The lowest BCUT2D eigenvalue weighted by Crippen LogP contribution is -2.29. The summed E-state index contributed by atoms with van der Waals surface area (Å²) >= 11 is 0. The minimum absolute atomic E-state index is 0.0258. The van der Waals surface area contributed by atoms with Gasteiger partial charge in [0.05, 0.1) is 25.9 Å². The average molecular weight is 943 g/mol. The van der Waals surface area contributed by atoms with E-state index >= 15 is 0 Å². The number of hydrogen-bond acceptors (Lipinski definition) is 11. The summed E-state index contributed by atoms with van der Waals surface area (Å²) in [7, 11) is -9.73. The highest BCUT2D eigenvalue weighted by Crippen LogP contribution is 2.43. The lowest BCUT2D eigenvalue weighted by atomic mass is 10.1. The van der Waals surface area contributed by atoms with E-state index < -0.39 is 66.2 Å². The SMILES string of the molecule is CCCCC/C=C\C/C=C\C/C=C\C/C=C\CCCCCC(=O)OC[C@H](COP(=O)(O)OC[C@@H](O)COP(=O)(O)O)OC(=O)CCC/C=C\C/C=C\C/C=C\C/C=C\[C@H](O)CCCC. The highest BCUT2D eigenvalue weighted by atomic mass is 31.2. The molecule has 1 unspecified atom stereocenters. The smallest absolute Gasteiger partial charge is 0.462 e. The number of hydrogen-bond donors (Lipinski definition) is 5. The van der Waals surface area contributed by atoms with Crippen molar-refractivity contribution in [3.63, 3.8) is 0 Å². The van der Waals surface area contributed by atoms with Crippen molar-refractivity contribution in [2.24, 2.45) is 0 Å². The summed E-state index contributed by atoms with van der Waals surface area (Å²) in [6.45, 7) is 1.45. The van der Waals surface area contributed by atoms with Gasteiger partial charge in [-0.05, 0) is 89.9 Å². The maximum absolute atomic E-state index is 12.7. The molecule has 5 N–H and O–H groups in total. The van der Waals surface area contributed by atoms with Crippen LogP contribution >= 0.6 is 15.6 Å². The highest BCUT2D eigenvalue weighted by Gasteiger charge is 2.28. The van der Waals surface area contributed by atoms with Gasteiger partial charge in [0, 0.05) is 12.8 Å². The monoisotopic (exact) mass is 943 g/mol. The van der Waals surface area contributed by atoms with Gasteiger partial charge >= 0.3 is 27.6 Å². The molecule has 0 rings (SSSR count). The minimum Gasteiger partial charge on any atom is -0.462 e. The molecule has 0 radical (unpaired) electrons. The minimum atomic E-state index is -4.88. The second-order valence-electron chi connectivity index (χ2n) is 15.1. The van der Waals surface area contributed by atoms with Gasteiger partial charge in [0.25, 0.3) is 0 Å². The van der Waals surface area contributed by atoms with Crippen molar-refractivity contribution < 1.29 is 66.7 Å². The molecule has 0 aromatic carbocycles. The van der Waals surface area contributed by atoms with E-state index in [-0.39, 0.29) is 18.9 Å². The van der Waals surface area contributed by atoms with Gasteiger partial charge in [-0.2, -0.15) is 0 Å². The van der Waals surface area contributed by atoms with Crippen LogP contribution in [0.4, 0.5) is 0 Å². The molecule has 0 aromatic heterocycles. The lowest BCUT2D eigenvalue weighted by molar-refractivity contribution is -0.161. The normalized spacial score (nSPS) is 15.3. The molecular formula is C48H80O14P2. The van der Waals surface area contributed by atoms with E-state index in [0.29, 0.717) is 19.3 Å². The van der Waals surface area contributed by atoms with Gasteiger partial charge in [-0.25, -0.2) is 9.13 Å². The summed E-state index contributed by atoms with van der Waals surface area (Å²) in [5, 5.41) is 19.6. The standard InChI is InChI=1S/C48H80O14P2/c1-3-5-7-8-9-10-11-12-13-14-15-16-17-18-22-25-28-31-34-38-47(51)58-42-46(43-61-64(56,57)60-41-45(50)40-59-63(53,54)55)62-48(52)39-35-32-29-26-23-20-19-21-24-27-30-33-37-44(49)36-6-4-2/h9-10,12-13,15-16,18-20,22,24,26-27,29,33,37,44-46,49-50H,3-8,11,14,17,21,23,25,28,30-32,34-36,38-43H2,1-2H3,(H,56,57)(H2,53,54,55)/b10-9-,13-12-,16-15-,20-19-,22-18-,27-24-,29-26-,37-33-/t44-,45+,46-/m1/s1. The fraction of sp³-hybridized carbons (Fsp3) is 0.625. The summed E-state index contributed by atoms with van der Waals surface area (Å²) in [5.74, 6) is -1.16. The second-order valence-corrected chi connectivity index (χ2v) is 17.8. The number of allylic oxidation sites excluding steroid dienone is 15. The van der Waals surface area contributed by atoms with E-state index in [9.17, 15) is 33.8 Å². The highest BCUT2D eigenvalue weighted by molar-refractivity contribution is 7.47. The molecule has 16 heteroatoms. The number of aliphatic hydroxyl groups excluding tert-OH is 2. The first-order chi connectivity index (χ1) is 30.8. The van der Waals surface area contributed by atoms with E-state index in [0.717, 1.165) is 83.5 Å². The Balaban J connectivity index is 4.68. The molecule has 0 spiro atoms.